The van der Waals surface area contributed by atoms with Crippen LogP contribution in [0.4, 0.5) is 17.2 Å². The zero-order valence-corrected chi connectivity index (χ0v) is 22.1. The molecule has 0 aliphatic carbocycles. The Morgan fingerprint density at radius 2 is 1.79 bits per heavy atom. The van der Waals surface area contributed by atoms with E-state index in [1.54, 1.807) is 54.6 Å². The second kappa shape index (κ2) is 9.99. The molecular formula is C28H20N10O4. The molecule has 0 aliphatic heterocycles. The number of aryl methyl sites for hydroxylation is 1. The highest BCUT2D eigenvalue weighted by Gasteiger charge is 2.22. The fourth-order valence-corrected chi connectivity index (χ4v) is 4.53. The average Bonchev–Trinajstić information content (AvgIpc) is 3.63. The number of amides is 1. The first kappa shape index (κ1) is 25.9. The summed E-state index contributed by atoms with van der Waals surface area (Å²) in [5.41, 5.74) is -0.530. The van der Waals surface area contributed by atoms with E-state index in [2.05, 4.69) is 30.6 Å². The molecule has 0 aliphatic rings. The second-order valence-electron chi connectivity index (χ2n) is 9.23. The number of anilines is 1. The molecule has 6 aromatic rings. The van der Waals surface area contributed by atoms with Crippen LogP contribution in [0.5, 0.6) is 5.75 Å². The van der Waals surface area contributed by atoms with Gasteiger partial charge in [-0.25, -0.2) is 9.78 Å². The molecule has 1 amide bonds. The zero-order valence-electron chi connectivity index (χ0n) is 22.1. The van der Waals surface area contributed by atoms with E-state index in [1.807, 2.05) is 12.1 Å². The van der Waals surface area contributed by atoms with Gasteiger partial charge in [0, 0.05) is 19.8 Å². The minimum Gasteiger partial charge on any atom is -0.505 e. The maximum atomic E-state index is 13.3. The van der Waals surface area contributed by atoms with Crippen LogP contribution >= 0.6 is 0 Å². The van der Waals surface area contributed by atoms with Crippen LogP contribution in [0.25, 0.3) is 27.9 Å². The van der Waals surface area contributed by atoms with E-state index in [-0.39, 0.29) is 39.7 Å². The summed E-state index contributed by atoms with van der Waals surface area (Å²) < 4.78 is 3.29. The van der Waals surface area contributed by atoms with Gasteiger partial charge in [-0.3, -0.25) is 18.7 Å². The van der Waals surface area contributed by atoms with Crippen molar-refractivity contribution in [3.05, 3.63) is 98.8 Å². The van der Waals surface area contributed by atoms with Crippen molar-refractivity contribution in [2.45, 2.75) is 0 Å². The molecule has 0 fully saturated rings. The van der Waals surface area contributed by atoms with Gasteiger partial charge in [0.2, 0.25) is 5.95 Å². The predicted molar refractivity (Wildman–Crippen MR) is 153 cm³/mol. The Hall–Kier alpha value is -6.36. The van der Waals surface area contributed by atoms with Crippen LogP contribution in [0, 0.1) is 11.3 Å². The summed E-state index contributed by atoms with van der Waals surface area (Å²) >= 11 is 0. The number of phenolic OH excluding ortho intramolecular Hbond substituents is 1. The molecule has 206 valence electrons. The van der Waals surface area contributed by atoms with E-state index in [9.17, 15) is 24.8 Å². The second-order valence-corrected chi connectivity index (χ2v) is 9.23. The number of carbonyl (C=O) groups is 1. The van der Waals surface area contributed by atoms with Gasteiger partial charge in [0.25, 0.3) is 11.5 Å². The lowest BCUT2D eigenvalue weighted by molar-refractivity contribution is 0.102. The first-order valence-corrected chi connectivity index (χ1v) is 12.5. The summed E-state index contributed by atoms with van der Waals surface area (Å²) in [6.07, 6.45) is 1.23. The van der Waals surface area contributed by atoms with E-state index < -0.39 is 22.9 Å². The molecule has 3 aromatic heterocycles. The molecule has 14 nitrogen and oxygen atoms in total. The summed E-state index contributed by atoms with van der Waals surface area (Å²) in [6.45, 7) is 0. The van der Waals surface area contributed by atoms with Gasteiger partial charge in [-0.2, -0.15) is 15.0 Å². The molecule has 0 atom stereocenters. The number of carbonyl (C=O) groups excluding carboxylic acids is 1. The van der Waals surface area contributed by atoms with Crippen LogP contribution in [0.1, 0.15) is 15.9 Å². The van der Waals surface area contributed by atoms with Gasteiger partial charge in [-0.05, 0) is 29.0 Å². The number of fused-ring (bicyclic) bond motifs is 2. The quantitative estimate of drug-likeness (QED) is 0.269. The number of para-hydroxylation sites is 1. The van der Waals surface area contributed by atoms with Crippen LogP contribution in [-0.2, 0) is 14.1 Å². The molecule has 0 bridgehead atoms. The Morgan fingerprint density at radius 1 is 1.05 bits per heavy atom. The number of phenols is 1. The number of nitrogens with one attached hydrogen (secondary N) is 2. The molecule has 3 N–H and O–H groups in total. The largest absolute Gasteiger partial charge is 0.505 e. The first-order chi connectivity index (χ1) is 20.3. The lowest BCUT2D eigenvalue weighted by atomic mass is 10.0. The summed E-state index contributed by atoms with van der Waals surface area (Å²) in [6, 6.07) is 19.3. The Morgan fingerprint density at radius 3 is 2.55 bits per heavy atom. The third-order valence-electron chi connectivity index (χ3n) is 6.67. The van der Waals surface area contributed by atoms with Crippen molar-refractivity contribution in [1.82, 2.24) is 28.9 Å². The SMILES string of the molecule is Cn1c(=O)c2nc(-n3ncc(C#N)c3N=Nc3cc4ccccc4c(C(=O)Nc4ccccc4)c3O)[nH]c2n(C)c1=O. The Labute approximate surface area is 235 Å². The molecule has 6 rings (SSSR count). The summed E-state index contributed by atoms with van der Waals surface area (Å²) in [5, 5.41) is 37.3. The van der Waals surface area contributed by atoms with Crippen LogP contribution in [0.15, 0.2) is 86.7 Å². The fraction of sp³-hybridized carbons (Fsp3) is 0.0714. The van der Waals surface area contributed by atoms with Gasteiger partial charge < -0.3 is 15.4 Å². The minimum absolute atomic E-state index is 0.00408. The molecule has 0 saturated heterocycles. The minimum atomic E-state index is -0.617. The number of hydrogen-bond acceptors (Lipinski definition) is 9. The monoisotopic (exact) mass is 560 g/mol. The van der Waals surface area contributed by atoms with Crippen molar-refractivity contribution < 1.29 is 9.90 Å². The first-order valence-electron chi connectivity index (χ1n) is 12.5. The number of hydrogen-bond donors (Lipinski definition) is 3. The molecule has 3 heterocycles. The summed E-state index contributed by atoms with van der Waals surface area (Å²) in [5.74, 6) is -1.03. The van der Waals surface area contributed by atoms with Gasteiger partial charge in [0.05, 0.1) is 11.8 Å². The van der Waals surface area contributed by atoms with Crippen molar-refractivity contribution in [3.63, 3.8) is 0 Å². The van der Waals surface area contributed by atoms with Gasteiger partial charge in [-0.1, -0.05) is 42.5 Å². The highest BCUT2D eigenvalue weighted by molar-refractivity contribution is 6.16. The van der Waals surface area contributed by atoms with Crippen LogP contribution in [-0.4, -0.2) is 39.9 Å². The highest BCUT2D eigenvalue weighted by atomic mass is 16.3. The number of imidazole rings is 1. The summed E-state index contributed by atoms with van der Waals surface area (Å²) in [4.78, 5) is 45.4. The number of nitriles is 1. The highest BCUT2D eigenvalue weighted by Crippen LogP contribution is 2.38. The molecule has 0 saturated carbocycles. The number of aromatic hydroxyl groups is 1. The van der Waals surface area contributed by atoms with E-state index >= 15 is 0 Å². The predicted octanol–water partition coefficient (Wildman–Crippen LogP) is 3.54. The van der Waals surface area contributed by atoms with Gasteiger partial charge in [0.1, 0.15) is 23.0 Å². The van der Waals surface area contributed by atoms with Gasteiger partial charge >= 0.3 is 5.69 Å². The molecular weight excluding hydrogens is 540 g/mol. The molecule has 0 radical (unpaired) electrons. The van der Waals surface area contributed by atoms with Crippen LogP contribution in [0.2, 0.25) is 0 Å². The van der Waals surface area contributed by atoms with Gasteiger partial charge in [-0.15, -0.1) is 10.2 Å². The smallest absolute Gasteiger partial charge is 0.332 e. The van der Waals surface area contributed by atoms with E-state index in [4.69, 9.17) is 0 Å². The van der Waals surface area contributed by atoms with E-state index in [0.29, 0.717) is 16.5 Å². The topological polar surface area (TPSA) is 188 Å². The third kappa shape index (κ3) is 4.18. The third-order valence-corrected chi connectivity index (χ3v) is 6.67. The van der Waals surface area contributed by atoms with Crippen molar-refractivity contribution >= 4 is 45.0 Å². The van der Waals surface area contributed by atoms with Crippen molar-refractivity contribution in [2.24, 2.45) is 24.3 Å². The fourth-order valence-electron chi connectivity index (χ4n) is 4.53. The van der Waals surface area contributed by atoms with Crippen LogP contribution < -0.4 is 16.6 Å². The van der Waals surface area contributed by atoms with Crippen LogP contribution in [0.3, 0.4) is 0 Å². The number of aromatic amines is 1. The average molecular weight is 561 g/mol. The maximum absolute atomic E-state index is 13.3. The molecule has 0 spiro atoms. The Kier molecular flexibility index (Phi) is 6.16. The number of azo groups is 1. The zero-order chi connectivity index (χ0) is 29.5. The Balaban J connectivity index is 1.47. The number of H-pyrrole nitrogens is 1. The normalized spacial score (nSPS) is 11.4. The Bertz CT molecular complexity index is 2230. The van der Waals surface area contributed by atoms with Gasteiger partial charge in [0.15, 0.2) is 17.1 Å². The molecule has 0 unspecified atom stereocenters. The van der Waals surface area contributed by atoms with Crippen molar-refractivity contribution in [3.8, 4) is 17.8 Å². The number of nitrogens with zero attached hydrogens (tertiary/aromatic N) is 8. The molecule has 14 heteroatoms. The lowest BCUT2D eigenvalue weighted by Crippen LogP contribution is -2.36. The number of rotatable bonds is 5. The van der Waals surface area contributed by atoms with E-state index in [1.165, 1.54) is 24.9 Å². The van der Waals surface area contributed by atoms with Crippen molar-refractivity contribution in [1.29, 1.82) is 5.26 Å². The standard InChI is InChI=1S/C28H20N10O4/c1-36-24-21(26(41)37(2)28(36)42)32-27(33-24)38-23(16(13-29)14-30-38)35-34-19-12-15-8-6-7-11-18(15)20(22(19)39)25(40)31-17-9-4-3-5-10-17/h3-12,14,39H,1-2H3,(H,31,40)(H,32,33). The molecule has 3 aromatic carbocycles. The molecule has 42 heavy (non-hydrogen) atoms. The summed E-state index contributed by atoms with van der Waals surface area (Å²) in [7, 11) is 2.81. The van der Waals surface area contributed by atoms with E-state index in [0.717, 1.165) is 9.25 Å². The maximum Gasteiger partial charge on any atom is 0.332 e. The number of aromatic nitrogens is 6. The number of benzene rings is 3. The lowest BCUT2D eigenvalue weighted by Gasteiger charge is -2.12. The van der Waals surface area contributed by atoms with Crippen molar-refractivity contribution in [2.75, 3.05) is 5.32 Å².